The van der Waals surface area contributed by atoms with Crippen LogP contribution in [0.5, 0.6) is 0 Å². The fourth-order valence-electron chi connectivity index (χ4n) is 2.36. The van der Waals surface area contributed by atoms with Gasteiger partial charge >= 0.3 is 0 Å². The van der Waals surface area contributed by atoms with Crippen LogP contribution in [0.4, 0.5) is 0 Å². The van der Waals surface area contributed by atoms with Crippen LogP contribution in [0.25, 0.3) is 0 Å². The minimum atomic E-state index is 0.274. The van der Waals surface area contributed by atoms with Gasteiger partial charge in [-0.1, -0.05) is 20.3 Å². The summed E-state index contributed by atoms with van der Waals surface area (Å²) < 4.78 is 5.42. The molecule has 16 heavy (non-hydrogen) atoms. The topological polar surface area (TPSA) is 32.7 Å². The van der Waals surface area contributed by atoms with E-state index < -0.39 is 0 Å². The van der Waals surface area contributed by atoms with E-state index in [1.54, 1.807) is 0 Å². The van der Waals surface area contributed by atoms with E-state index >= 15 is 0 Å². The molecule has 1 heterocycles. The van der Waals surface area contributed by atoms with Crippen LogP contribution in [0.15, 0.2) is 0 Å². The lowest BCUT2D eigenvalue weighted by Gasteiger charge is -2.38. The van der Waals surface area contributed by atoms with Gasteiger partial charge in [-0.15, -0.1) is 0 Å². The van der Waals surface area contributed by atoms with E-state index in [0.717, 1.165) is 45.7 Å². The SMILES string of the molecule is CCCCN(CCO)CC1(C)CCOCC1. The van der Waals surface area contributed by atoms with Crippen LogP contribution in [0.3, 0.4) is 0 Å². The summed E-state index contributed by atoms with van der Waals surface area (Å²) in [5.74, 6) is 0. The smallest absolute Gasteiger partial charge is 0.0558 e. The lowest BCUT2D eigenvalue weighted by atomic mass is 9.82. The van der Waals surface area contributed by atoms with E-state index in [1.807, 2.05) is 0 Å². The molecule has 3 nitrogen and oxygen atoms in total. The molecular weight excluding hydrogens is 202 g/mol. The van der Waals surface area contributed by atoms with Crippen molar-refractivity contribution in [1.29, 1.82) is 0 Å². The second-order valence-corrected chi connectivity index (χ2v) is 5.28. The molecule has 0 spiro atoms. The van der Waals surface area contributed by atoms with Crippen LogP contribution in [0.2, 0.25) is 0 Å². The first-order chi connectivity index (χ1) is 7.70. The first-order valence-electron chi connectivity index (χ1n) is 6.61. The van der Waals surface area contributed by atoms with Gasteiger partial charge in [0.2, 0.25) is 0 Å². The Bertz CT molecular complexity index is 179. The minimum Gasteiger partial charge on any atom is -0.395 e. The second kappa shape index (κ2) is 7.25. The van der Waals surface area contributed by atoms with Gasteiger partial charge in [-0.05, 0) is 31.2 Å². The van der Waals surface area contributed by atoms with Crippen molar-refractivity contribution in [3.05, 3.63) is 0 Å². The standard InChI is InChI=1S/C13H27NO2/c1-3-4-7-14(8-9-15)12-13(2)5-10-16-11-6-13/h15H,3-12H2,1-2H3. The molecule has 0 aromatic rings. The van der Waals surface area contributed by atoms with Gasteiger partial charge in [0.1, 0.15) is 0 Å². The van der Waals surface area contributed by atoms with Crippen molar-refractivity contribution >= 4 is 0 Å². The van der Waals surface area contributed by atoms with Gasteiger partial charge in [0.25, 0.3) is 0 Å². The number of nitrogens with zero attached hydrogens (tertiary/aromatic N) is 1. The Kier molecular flexibility index (Phi) is 6.32. The van der Waals surface area contributed by atoms with Crippen LogP contribution in [-0.2, 0) is 4.74 Å². The van der Waals surface area contributed by atoms with Crippen molar-refractivity contribution in [2.24, 2.45) is 5.41 Å². The first kappa shape index (κ1) is 13.9. The number of unbranched alkanes of at least 4 members (excludes halogenated alkanes) is 1. The molecule has 1 saturated heterocycles. The highest BCUT2D eigenvalue weighted by Crippen LogP contribution is 2.30. The number of hydrogen-bond acceptors (Lipinski definition) is 3. The molecule has 0 amide bonds. The quantitative estimate of drug-likeness (QED) is 0.723. The third kappa shape index (κ3) is 4.81. The maximum absolute atomic E-state index is 9.08. The number of rotatable bonds is 7. The lowest BCUT2D eigenvalue weighted by Crippen LogP contribution is -2.41. The van der Waals surface area contributed by atoms with Crippen molar-refractivity contribution < 1.29 is 9.84 Å². The van der Waals surface area contributed by atoms with Crippen molar-refractivity contribution in [3.8, 4) is 0 Å². The Morgan fingerprint density at radius 1 is 1.25 bits per heavy atom. The molecule has 1 fully saturated rings. The highest BCUT2D eigenvalue weighted by Gasteiger charge is 2.29. The molecule has 0 aromatic carbocycles. The third-order valence-corrected chi connectivity index (χ3v) is 3.55. The Hall–Kier alpha value is -0.120. The summed E-state index contributed by atoms with van der Waals surface area (Å²) in [6.07, 6.45) is 4.76. The maximum Gasteiger partial charge on any atom is 0.0558 e. The fraction of sp³-hybridized carbons (Fsp3) is 1.00. The van der Waals surface area contributed by atoms with E-state index in [0.29, 0.717) is 5.41 Å². The normalized spacial score (nSPS) is 20.2. The summed E-state index contributed by atoms with van der Waals surface area (Å²) in [7, 11) is 0. The molecular formula is C13H27NO2. The van der Waals surface area contributed by atoms with E-state index in [4.69, 9.17) is 9.84 Å². The molecule has 96 valence electrons. The predicted molar refractivity (Wildman–Crippen MR) is 66.6 cm³/mol. The van der Waals surface area contributed by atoms with E-state index in [1.165, 1.54) is 12.8 Å². The Balaban J connectivity index is 2.38. The molecule has 1 aliphatic rings. The molecule has 1 rings (SSSR count). The van der Waals surface area contributed by atoms with Crippen LogP contribution in [-0.4, -0.2) is 49.5 Å². The van der Waals surface area contributed by atoms with E-state index in [2.05, 4.69) is 18.7 Å². The predicted octanol–water partition coefficient (Wildman–Crippen LogP) is 1.90. The van der Waals surface area contributed by atoms with Crippen molar-refractivity contribution in [2.75, 3.05) is 39.5 Å². The number of aliphatic hydroxyl groups is 1. The van der Waals surface area contributed by atoms with Gasteiger partial charge in [0.15, 0.2) is 0 Å². The molecule has 3 heteroatoms. The average molecular weight is 229 g/mol. The highest BCUT2D eigenvalue weighted by atomic mass is 16.5. The zero-order valence-corrected chi connectivity index (χ0v) is 10.9. The zero-order chi connectivity index (χ0) is 11.9. The summed E-state index contributed by atoms with van der Waals surface area (Å²) >= 11 is 0. The summed E-state index contributed by atoms with van der Waals surface area (Å²) in [5.41, 5.74) is 0.390. The van der Waals surface area contributed by atoms with Crippen LogP contribution in [0, 0.1) is 5.41 Å². The van der Waals surface area contributed by atoms with Gasteiger partial charge < -0.3 is 14.7 Å². The maximum atomic E-state index is 9.08. The Morgan fingerprint density at radius 2 is 1.94 bits per heavy atom. The lowest BCUT2D eigenvalue weighted by molar-refractivity contribution is 0.00261. The second-order valence-electron chi connectivity index (χ2n) is 5.28. The first-order valence-corrected chi connectivity index (χ1v) is 6.61. The molecule has 0 aliphatic carbocycles. The molecule has 1 aliphatic heterocycles. The van der Waals surface area contributed by atoms with Gasteiger partial charge in [-0.3, -0.25) is 0 Å². The Labute approximate surface area is 99.8 Å². The summed E-state index contributed by atoms with van der Waals surface area (Å²) in [5, 5.41) is 9.08. The van der Waals surface area contributed by atoms with Crippen LogP contribution < -0.4 is 0 Å². The monoisotopic (exact) mass is 229 g/mol. The van der Waals surface area contributed by atoms with Gasteiger partial charge in [0.05, 0.1) is 6.61 Å². The fourth-order valence-corrected chi connectivity index (χ4v) is 2.36. The summed E-state index contributed by atoms with van der Waals surface area (Å²) in [6, 6.07) is 0. The van der Waals surface area contributed by atoms with Crippen LogP contribution >= 0.6 is 0 Å². The number of hydrogen-bond donors (Lipinski definition) is 1. The molecule has 0 atom stereocenters. The number of aliphatic hydroxyl groups excluding tert-OH is 1. The number of ether oxygens (including phenoxy) is 1. The Morgan fingerprint density at radius 3 is 2.50 bits per heavy atom. The minimum absolute atomic E-state index is 0.274. The van der Waals surface area contributed by atoms with Gasteiger partial charge in [0, 0.05) is 26.3 Å². The van der Waals surface area contributed by atoms with Crippen LogP contribution in [0.1, 0.15) is 39.5 Å². The van der Waals surface area contributed by atoms with Crippen molar-refractivity contribution in [3.63, 3.8) is 0 Å². The van der Waals surface area contributed by atoms with E-state index in [-0.39, 0.29) is 6.61 Å². The zero-order valence-electron chi connectivity index (χ0n) is 10.9. The molecule has 1 N–H and O–H groups in total. The average Bonchev–Trinajstić information content (AvgIpc) is 2.27. The highest BCUT2D eigenvalue weighted by molar-refractivity contribution is 4.81. The van der Waals surface area contributed by atoms with Gasteiger partial charge in [-0.2, -0.15) is 0 Å². The molecule has 0 aromatic heterocycles. The van der Waals surface area contributed by atoms with Crippen molar-refractivity contribution in [1.82, 2.24) is 4.90 Å². The molecule has 0 saturated carbocycles. The summed E-state index contributed by atoms with van der Waals surface area (Å²) in [4.78, 5) is 2.41. The van der Waals surface area contributed by atoms with Crippen molar-refractivity contribution in [2.45, 2.75) is 39.5 Å². The summed E-state index contributed by atoms with van der Waals surface area (Å²) in [6.45, 7) is 9.69. The third-order valence-electron chi connectivity index (χ3n) is 3.55. The molecule has 0 radical (unpaired) electrons. The largest absolute Gasteiger partial charge is 0.395 e. The molecule has 0 unspecified atom stereocenters. The van der Waals surface area contributed by atoms with Gasteiger partial charge in [-0.25, -0.2) is 0 Å². The van der Waals surface area contributed by atoms with E-state index in [9.17, 15) is 0 Å². The molecule has 0 bridgehead atoms.